The second-order valence-electron chi connectivity index (χ2n) is 8.25. The molecule has 0 spiro atoms. The average Bonchev–Trinajstić information content (AvgIpc) is 3.43. The van der Waals surface area contributed by atoms with E-state index in [4.69, 9.17) is 9.15 Å². The Bertz CT molecular complexity index is 1460. The highest BCUT2D eigenvalue weighted by Crippen LogP contribution is 2.29. The van der Waals surface area contributed by atoms with Gasteiger partial charge in [0.1, 0.15) is 23.8 Å². The Morgan fingerprint density at radius 1 is 1.15 bits per heavy atom. The van der Waals surface area contributed by atoms with Crippen LogP contribution in [0.5, 0.6) is 5.75 Å². The lowest BCUT2D eigenvalue weighted by Crippen LogP contribution is -2.39. The SMILES string of the molecule is COc1ccc(F)c2[nH]c(C(=O)Nc3ccc4oc(=O)n(CC(=O)N5CCCCC5)c4c3)cc12. The smallest absolute Gasteiger partial charge is 0.420 e. The molecular formula is C24H23FN4O5. The van der Waals surface area contributed by atoms with Crippen molar-refractivity contribution in [3.8, 4) is 5.75 Å². The lowest BCUT2D eigenvalue weighted by atomic mass is 10.1. The first-order chi connectivity index (χ1) is 16.4. The van der Waals surface area contributed by atoms with Crippen LogP contribution < -0.4 is 15.8 Å². The number of aromatic nitrogens is 2. The molecule has 0 radical (unpaired) electrons. The summed E-state index contributed by atoms with van der Waals surface area (Å²) < 4.78 is 26.0. The maximum atomic E-state index is 14.2. The lowest BCUT2D eigenvalue weighted by Gasteiger charge is -2.26. The number of benzene rings is 2. The molecule has 1 saturated heterocycles. The van der Waals surface area contributed by atoms with Crippen LogP contribution in [0.15, 0.2) is 45.6 Å². The van der Waals surface area contributed by atoms with E-state index in [1.165, 1.54) is 29.9 Å². The van der Waals surface area contributed by atoms with E-state index in [9.17, 15) is 18.8 Å². The molecule has 1 fully saturated rings. The quantitative estimate of drug-likeness (QED) is 0.468. The summed E-state index contributed by atoms with van der Waals surface area (Å²) in [4.78, 5) is 42.5. The number of hydrogen-bond donors (Lipinski definition) is 2. The molecule has 2 aromatic carbocycles. The maximum Gasteiger partial charge on any atom is 0.420 e. The number of anilines is 1. The summed E-state index contributed by atoms with van der Waals surface area (Å²) >= 11 is 0. The number of piperidine rings is 1. The summed E-state index contributed by atoms with van der Waals surface area (Å²) in [6, 6.07) is 8.98. The number of fused-ring (bicyclic) bond motifs is 2. The summed E-state index contributed by atoms with van der Waals surface area (Å²) in [6.45, 7) is 1.23. The second kappa shape index (κ2) is 8.69. The van der Waals surface area contributed by atoms with Gasteiger partial charge in [0.05, 0.1) is 18.1 Å². The van der Waals surface area contributed by atoms with Crippen molar-refractivity contribution in [2.75, 3.05) is 25.5 Å². The first kappa shape index (κ1) is 21.7. The molecule has 9 nitrogen and oxygen atoms in total. The van der Waals surface area contributed by atoms with Crippen LogP contribution >= 0.6 is 0 Å². The maximum absolute atomic E-state index is 14.2. The summed E-state index contributed by atoms with van der Waals surface area (Å²) in [5.74, 6) is -1.35. The third-order valence-electron chi connectivity index (χ3n) is 6.09. The number of halogens is 1. The molecule has 5 rings (SSSR count). The fraction of sp³-hybridized carbons (Fsp3) is 0.292. The molecule has 34 heavy (non-hydrogen) atoms. The summed E-state index contributed by atoms with van der Waals surface area (Å²) in [5, 5.41) is 3.18. The van der Waals surface area contributed by atoms with Gasteiger partial charge in [0, 0.05) is 24.2 Å². The number of carbonyl (C=O) groups is 2. The number of nitrogens with one attached hydrogen (secondary N) is 2. The second-order valence-corrected chi connectivity index (χ2v) is 8.25. The van der Waals surface area contributed by atoms with E-state index in [-0.39, 0.29) is 23.7 Å². The molecule has 1 aliphatic rings. The zero-order valence-electron chi connectivity index (χ0n) is 18.5. The number of amides is 2. The summed E-state index contributed by atoms with van der Waals surface area (Å²) in [5.41, 5.74) is 1.41. The fourth-order valence-corrected chi connectivity index (χ4v) is 4.33. The van der Waals surface area contributed by atoms with Crippen molar-refractivity contribution < 1.29 is 23.1 Å². The molecule has 2 amide bonds. The van der Waals surface area contributed by atoms with Crippen molar-refractivity contribution in [3.05, 3.63) is 58.5 Å². The third-order valence-corrected chi connectivity index (χ3v) is 6.09. The first-order valence-corrected chi connectivity index (χ1v) is 11.0. The summed E-state index contributed by atoms with van der Waals surface area (Å²) in [7, 11) is 1.47. The van der Waals surface area contributed by atoms with Gasteiger partial charge in [-0.15, -0.1) is 0 Å². The van der Waals surface area contributed by atoms with Crippen LogP contribution in [0.3, 0.4) is 0 Å². The van der Waals surface area contributed by atoms with Gasteiger partial charge in [-0.2, -0.15) is 0 Å². The number of methoxy groups -OCH3 is 1. The monoisotopic (exact) mass is 466 g/mol. The molecule has 3 heterocycles. The minimum absolute atomic E-state index is 0.135. The van der Waals surface area contributed by atoms with Gasteiger partial charge in [-0.25, -0.2) is 9.18 Å². The molecule has 2 aromatic heterocycles. The molecule has 0 bridgehead atoms. The van der Waals surface area contributed by atoms with Gasteiger partial charge in [0.15, 0.2) is 5.58 Å². The van der Waals surface area contributed by atoms with Gasteiger partial charge in [-0.05, 0) is 55.7 Å². The van der Waals surface area contributed by atoms with Crippen LogP contribution in [0.4, 0.5) is 10.1 Å². The zero-order valence-corrected chi connectivity index (χ0v) is 18.5. The molecule has 0 unspecified atom stereocenters. The Morgan fingerprint density at radius 2 is 1.94 bits per heavy atom. The fourth-order valence-electron chi connectivity index (χ4n) is 4.33. The molecule has 0 aliphatic carbocycles. The Hall–Kier alpha value is -4.08. The predicted molar refractivity (Wildman–Crippen MR) is 124 cm³/mol. The van der Waals surface area contributed by atoms with Crippen LogP contribution in [0.2, 0.25) is 0 Å². The predicted octanol–water partition coefficient (Wildman–Crippen LogP) is 3.49. The van der Waals surface area contributed by atoms with Crippen molar-refractivity contribution >= 4 is 39.5 Å². The molecule has 1 aliphatic heterocycles. The van der Waals surface area contributed by atoms with Crippen molar-refractivity contribution in [1.29, 1.82) is 0 Å². The number of rotatable bonds is 5. The van der Waals surface area contributed by atoms with Crippen LogP contribution in [0.25, 0.3) is 22.0 Å². The molecule has 2 N–H and O–H groups in total. The van der Waals surface area contributed by atoms with Crippen molar-refractivity contribution in [3.63, 3.8) is 0 Å². The van der Waals surface area contributed by atoms with Crippen LogP contribution in [0, 0.1) is 5.82 Å². The Balaban J connectivity index is 1.41. The highest BCUT2D eigenvalue weighted by atomic mass is 19.1. The Labute approximate surface area is 193 Å². The highest BCUT2D eigenvalue weighted by molar-refractivity contribution is 6.07. The van der Waals surface area contributed by atoms with Crippen molar-refractivity contribution in [2.24, 2.45) is 0 Å². The van der Waals surface area contributed by atoms with E-state index >= 15 is 0 Å². The number of nitrogens with zero attached hydrogens (tertiary/aromatic N) is 2. The first-order valence-electron chi connectivity index (χ1n) is 11.0. The molecule has 10 heteroatoms. The highest BCUT2D eigenvalue weighted by Gasteiger charge is 2.21. The van der Waals surface area contributed by atoms with E-state index in [1.54, 1.807) is 23.1 Å². The summed E-state index contributed by atoms with van der Waals surface area (Å²) in [6.07, 6.45) is 3.00. The van der Waals surface area contributed by atoms with E-state index in [1.807, 2.05) is 0 Å². The van der Waals surface area contributed by atoms with Crippen molar-refractivity contribution in [2.45, 2.75) is 25.8 Å². The number of likely N-dealkylation sites (tertiary alicyclic amines) is 1. The van der Waals surface area contributed by atoms with Gasteiger partial charge in [0.25, 0.3) is 5.91 Å². The largest absolute Gasteiger partial charge is 0.496 e. The van der Waals surface area contributed by atoms with Crippen molar-refractivity contribution in [1.82, 2.24) is 14.5 Å². The van der Waals surface area contributed by atoms with E-state index < -0.39 is 17.5 Å². The lowest BCUT2D eigenvalue weighted by molar-refractivity contribution is -0.132. The van der Waals surface area contributed by atoms with Gasteiger partial charge in [-0.3, -0.25) is 14.2 Å². The molecule has 0 atom stereocenters. The third kappa shape index (κ3) is 3.91. The van der Waals surface area contributed by atoms with E-state index in [2.05, 4.69) is 10.3 Å². The average molecular weight is 466 g/mol. The number of aromatic amines is 1. The van der Waals surface area contributed by atoms with Gasteiger partial charge >= 0.3 is 5.76 Å². The number of H-pyrrole nitrogens is 1. The van der Waals surface area contributed by atoms with E-state index in [0.717, 1.165) is 19.3 Å². The molecule has 4 aromatic rings. The topological polar surface area (TPSA) is 110 Å². The molecule has 0 saturated carbocycles. The Kier molecular flexibility index (Phi) is 5.56. The standard InChI is InChI=1S/C24H23FN4O5/c1-33-19-8-6-16(25)22-15(19)12-17(27-22)23(31)26-14-5-7-20-18(11-14)29(24(32)34-20)13-21(30)28-9-3-2-4-10-28/h5-8,11-12,27H,2-4,9-10,13H2,1H3,(H,26,31). The van der Waals surface area contributed by atoms with Crippen LogP contribution in [0.1, 0.15) is 29.8 Å². The molecular weight excluding hydrogens is 443 g/mol. The Morgan fingerprint density at radius 3 is 2.71 bits per heavy atom. The zero-order chi connectivity index (χ0) is 23.8. The van der Waals surface area contributed by atoms with Gasteiger partial charge in [-0.1, -0.05) is 0 Å². The molecule has 176 valence electrons. The number of ether oxygens (including phenoxy) is 1. The normalized spacial score (nSPS) is 14.0. The minimum atomic E-state index is -0.637. The van der Waals surface area contributed by atoms with Gasteiger partial charge in [0.2, 0.25) is 5.91 Å². The number of hydrogen-bond acceptors (Lipinski definition) is 5. The van der Waals surface area contributed by atoms with Crippen LogP contribution in [-0.4, -0.2) is 46.5 Å². The van der Waals surface area contributed by atoms with E-state index in [0.29, 0.717) is 41.0 Å². The number of carbonyl (C=O) groups excluding carboxylic acids is 2. The van der Waals surface area contributed by atoms with Gasteiger partial charge < -0.3 is 24.4 Å². The number of oxazole rings is 1. The van der Waals surface area contributed by atoms with Crippen LogP contribution in [-0.2, 0) is 11.3 Å². The minimum Gasteiger partial charge on any atom is -0.496 e.